The van der Waals surface area contributed by atoms with E-state index < -0.39 is 5.41 Å². The minimum Gasteiger partial charge on any atom is -0.310 e. The highest BCUT2D eigenvalue weighted by molar-refractivity contribution is 5.92. The van der Waals surface area contributed by atoms with E-state index in [9.17, 15) is 0 Å². The molecule has 0 aliphatic heterocycles. The third-order valence-electron chi connectivity index (χ3n) is 15.1. The Balaban J connectivity index is 0.921. The van der Waals surface area contributed by atoms with Gasteiger partial charge in [-0.25, -0.2) is 0 Å². The van der Waals surface area contributed by atoms with Crippen molar-refractivity contribution in [2.45, 2.75) is 24.7 Å². The van der Waals surface area contributed by atoms with Crippen molar-refractivity contribution in [2.75, 3.05) is 4.90 Å². The van der Waals surface area contributed by atoms with Gasteiger partial charge in [0.15, 0.2) is 0 Å². The zero-order valence-electron chi connectivity index (χ0n) is 38.8. The Bertz CT molecular complexity index is 3690. The summed E-state index contributed by atoms with van der Waals surface area (Å²) in [6, 6.07) is 96.7. The Labute approximate surface area is 405 Å². The Hall–Kier alpha value is -8.52. The van der Waals surface area contributed by atoms with Crippen LogP contribution in [0.2, 0.25) is 0 Å². The van der Waals surface area contributed by atoms with E-state index in [1.807, 2.05) is 0 Å². The van der Waals surface area contributed by atoms with Gasteiger partial charge in [-0.05, 0) is 148 Å². The SMILES string of the molecule is CC1(C)c2ccccc2-c2cccc(-c3ccc(N(c4ccc(-c5ccc6c(c5)C(c5ccccc5)(c5ccccc5)c5ccccc5-6)cc4)c4cccc(-c5ccc6ccccc6c5)c4)cc3)c21. The third-order valence-corrected chi connectivity index (χ3v) is 15.1. The third kappa shape index (κ3) is 6.46. The molecule has 11 aromatic rings. The van der Waals surface area contributed by atoms with Crippen LogP contribution in [-0.2, 0) is 10.8 Å². The molecule has 13 rings (SSSR count). The van der Waals surface area contributed by atoms with Gasteiger partial charge >= 0.3 is 0 Å². The Kier molecular flexibility index (Phi) is 9.49. The first-order valence-electron chi connectivity index (χ1n) is 24.2. The predicted octanol–water partition coefficient (Wildman–Crippen LogP) is 18.0. The summed E-state index contributed by atoms with van der Waals surface area (Å²) in [6.45, 7) is 4.74. The van der Waals surface area contributed by atoms with Crippen LogP contribution >= 0.6 is 0 Å². The van der Waals surface area contributed by atoms with E-state index in [1.165, 1.54) is 99.8 Å². The molecule has 0 radical (unpaired) electrons. The fourth-order valence-electron chi connectivity index (χ4n) is 11.9. The molecule has 0 aromatic heterocycles. The molecule has 0 saturated carbocycles. The molecule has 0 N–H and O–H groups in total. The molecule has 2 aliphatic rings. The van der Waals surface area contributed by atoms with Gasteiger partial charge in [-0.2, -0.15) is 0 Å². The molecule has 0 atom stereocenters. The molecule has 0 bridgehead atoms. The topological polar surface area (TPSA) is 3.24 Å². The van der Waals surface area contributed by atoms with Gasteiger partial charge in [0.1, 0.15) is 0 Å². The van der Waals surface area contributed by atoms with E-state index in [4.69, 9.17) is 0 Å². The lowest BCUT2D eigenvalue weighted by Gasteiger charge is -2.34. The molecule has 69 heavy (non-hydrogen) atoms. The van der Waals surface area contributed by atoms with Crippen LogP contribution in [-0.4, -0.2) is 0 Å². The maximum atomic E-state index is 2.45. The summed E-state index contributed by atoms with van der Waals surface area (Å²) in [5, 5.41) is 2.48. The molecule has 0 fully saturated rings. The van der Waals surface area contributed by atoms with E-state index in [0.717, 1.165) is 17.1 Å². The fraction of sp³-hybridized carbons (Fsp3) is 0.0588. The number of nitrogens with zero attached hydrogens (tertiary/aromatic N) is 1. The maximum absolute atomic E-state index is 2.45. The fourth-order valence-corrected chi connectivity index (χ4v) is 11.9. The summed E-state index contributed by atoms with van der Waals surface area (Å²) in [5.74, 6) is 0. The van der Waals surface area contributed by atoms with E-state index >= 15 is 0 Å². The first-order chi connectivity index (χ1) is 34.0. The first kappa shape index (κ1) is 40.7. The van der Waals surface area contributed by atoms with Crippen molar-refractivity contribution < 1.29 is 0 Å². The Morgan fingerprint density at radius 2 is 0.768 bits per heavy atom. The lowest BCUT2D eigenvalue weighted by atomic mass is 9.67. The minimum absolute atomic E-state index is 0.106. The normalized spacial score (nSPS) is 13.6. The number of rotatable bonds is 8. The van der Waals surface area contributed by atoms with Crippen LogP contribution in [0, 0.1) is 0 Å². The quantitative estimate of drug-likeness (QED) is 0.147. The molecule has 0 amide bonds. The molecule has 2 aliphatic carbocycles. The number of fused-ring (bicyclic) bond motifs is 7. The van der Waals surface area contributed by atoms with Crippen molar-refractivity contribution >= 4 is 27.8 Å². The van der Waals surface area contributed by atoms with E-state index in [2.05, 4.69) is 280 Å². The zero-order valence-corrected chi connectivity index (χ0v) is 38.8. The van der Waals surface area contributed by atoms with Crippen LogP contribution in [0.5, 0.6) is 0 Å². The van der Waals surface area contributed by atoms with Gasteiger partial charge in [-0.1, -0.05) is 226 Å². The smallest absolute Gasteiger partial charge is 0.0713 e. The molecule has 0 heterocycles. The number of benzene rings is 11. The van der Waals surface area contributed by atoms with Crippen molar-refractivity contribution in [2.24, 2.45) is 0 Å². The van der Waals surface area contributed by atoms with Gasteiger partial charge in [-0.3, -0.25) is 0 Å². The second-order valence-electron chi connectivity index (χ2n) is 19.2. The zero-order chi connectivity index (χ0) is 46.1. The highest BCUT2D eigenvalue weighted by Crippen LogP contribution is 2.57. The van der Waals surface area contributed by atoms with Gasteiger partial charge in [0.25, 0.3) is 0 Å². The molecular weight excluding hydrogens is 831 g/mol. The van der Waals surface area contributed by atoms with Crippen molar-refractivity contribution in [1.82, 2.24) is 0 Å². The average Bonchev–Trinajstić information content (AvgIpc) is 3.85. The molecule has 0 spiro atoms. The predicted molar refractivity (Wildman–Crippen MR) is 290 cm³/mol. The Morgan fingerprint density at radius 3 is 1.48 bits per heavy atom. The number of anilines is 3. The summed E-state index contributed by atoms with van der Waals surface area (Å²) in [5.41, 5.74) is 23.2. The van der Waals surface area contributed by atoms with Gasteiger partial charge in [0, 0.05) is 22.5 Å². The highest BCUT2D eigenvalue weighted by atomic mass is 15.1. The van der Waals surface area contributed by atoms with E-state index in [0.29, 0.717) is 0 Å². The van der Waals surface area contributed by atoms with Crippen LogP contribution < -0.4 is 4.90 Å². The standard InChI is InChI=1S/C68H49N/c1-67(2)63-29-13-11-26-60(63)62-28-16-27-58(66(62)67)48-35-40-56(41-36-48)69(57-24-15-19-50(44-57)51-32-31-46-17-9-10-18-49(46)43-51)55-38-33-47(34-39-55)52-37-42-61-59-25-12-14-30-64(59)68(65(61)45-52,53-20-5-3-6-21-53)54-22-7-4-8-23-54/h3-45H,1-2H3. The molecule has 326 valence electrons. The summed E-state index contributed by atoms with van der Waals surface area (Å²) >= 11 is 0. The van der Waals surface area contributed by atoms with Crippen molar-refractivity contribution in [3.8, 4) is 55.6 Å². The van der Waals surface area contributed by atoms with Crippen molar-refractivity contribution in [3.05, 3.63) is 294 Å². The maximum Gasteiger partial charge on any atom is 0.0713 e. The summed E-state index contributed by atoms with van der Waals surface area (Å²) in [4.78, 5) is 2.41. The van der Waals surface area contributed by atoms with Gasteiger partial charge < -0.3 is 4.90 Å². The number of hydrogen-bond acceptors (Lipinski definition) is 1. The largest absolute Gasteiger partial charge is 0.310 e. The molecule has 1 nitrogen and oxygen atoms in total. The molecule has 11 aromatic carbocycles. The summed E-state index contributed by atoms with van der Waals surface area (Å²) in [7, 11) is 0. The highest BCUT2D eigenvalue weighted by Gasteiger charge is 2.46. The van der Waals surface area contributed by atoms with Gasteiger partial charge in [0.2, 0.25) is 0 Å². The molecule has 1 heteroatoms. The average molecular weight is 880 g/mol. The van der Waals surface area contributed by atoms with Crippen molar-refractivity contribution in [1.29, 1.82) is 0 Å². The second kappa shape index (κ2) is 16.1. The summed E-state index contributed by atoms with van der Waals surface area (Å²) in [6.07, 6.45) is 0. The van der Waals surface area contributed by atoms with Crippen molar-refractivity contribution in [3.63, 3.8) is 0 Å². The van der Waals surface area contributed by atoms with E-state index in [1.54, 1.807) is 0 Å². The second-order valence-corrected chi connectivity index (χ2v) is 19.2. The monoisotopic (exact) mass is 879 g/mol. The van der Waals surface area contributed by atoms with Crippen LogP contribution in [0.1, 0.15) is 47.2 Å². The minimum atomic E-state index is -0.455. The molecular formula is C68H49N. The van der Waals surface area contributed by atoms with Crippen LogP contribution in [0.15, 0.2) is 261 Å². The van der Waals surface area contributed by atoms with Crippen LogP contribution in [0.3, 0.4) is 0 Å². The lowest BCUT2D eigenvalue weighted by molar-refractivity contribution is 0.662. The van der Waals surface area contributed by atoms with E-state index in [-0.39, 0.29) is 5.41 Å². The summed E-state index contributed by atoms with van der Waals surface area (Å²) < 4.78 is 0. The van der Waals surface area contributed by atoms with Gasteiger partial charge in [-0.15, -0.1) is 0 Å². The lowest BCUT2D eigenvalue weighted by Crippen LogP contribution is -2.28. The molecule has 0 saturated heterocycles. The van der Waals surface area contributed by atoms with Crippen LogP contribution in [0.4, 0.5) is 17.1 Å². The van der Waals surface area contributed by atoms with Crippen LogP contribution in [0.25, 0.3) is 66.4 Å². The molecule has 0 unspecified atom stereocenters. The number of hydrogen-bond donors (Lipinski definition) is 0. The van der Waals surface area contributed by atoms with Gasteiger partial charge in [0.05, 0.1) is 5.41 Å². The Morgan fingerprint density at radius 1 is 0.275 bits per heavy atom. The first-order valence-corrected chi connectivity index (χ1v) is 24.2.